The molecule has 1 unspecified atom stereocenters. The van der Waals surface area contributed by atoms with E-state index in [0.717, 1.165) is 4.88 Å². The molecule has 0 aliphatic carbocycles. The van der Waals surface area contributed by atoms with Crippen LogP contribution in [-0.4, -0.2) is 23.0 Å². The molecule has 4 nitrogen and oxygen atoms in total. The highest BCUT2D eigenvalue weighted by Gasteiger charge is 2.13. The number of carboxylic acid groups (broad SMARTS) is 1. The Kier molecular flexibility index (Phi) is 4.76. The van der Waals surface area contributed by atoms with E-state index < -0.39 is 12.0 Å². The second-order valence-electron chi connectivity index (χ2n) is 3.33. The van der Waals surface area contributed by atoms with Gasteiger partial charge in [-0.05, 0) is 25.5 Å². The number of thiophene rings is 1. The van der Waals surface area contributed by atoms with Crippen molar-refractivity contribution in [3.63, 3.8) is 0 Å². The average molecular weight is 262 g/mol. The first kappa shape index (κ1) is 13.0. The largest absolute Gasteiger partial charge is 0.480 e. The highest BCUT2D eigenvalue weighted by Crippen LogP contribution is 2.22. The van der Waals surface area contributed by atoms with Gasteiger partial charge in [0.25, 0.3) is 0 Å². The lowest BCUT2D eigenvalue weighted by Gasteiger charge is -2.08. The fourth-order valence-corrected chi connectivity index (χ4v) is 2.19. The third kappa shape index (κ3) is 4.20. The van der Waals surface area contributed by atoms with Crippen molar-refractivity contribution >= 4 is 34.8 Å². The normalized spacial score (nSPS) is 12.1. The molecule has 88 valence electrons. The number of aliphatic carboxylic acids is 1. The van der Waals surface area contributed by atoms with E-state index in [1.54, 1.807) is 6.07 Å². The van der Waals surface area contributed by atoms with Crippen molar-refractivity contribution < 1.29 is 14.7 Å². The van der Waals surface area contributed by atoms with Gasteiger partial charge in [0, 0.05) is 11.3 Å². The molecule has 0 saturated heterocycles. The zero-order valence-corrected chi connectivity index (χ0v) is 10.3. The van der Waals surface area contributed by atoms with Crippen LogP contribution in [0.25, 0.3) is 0 Å². The fraction of sp³-hybridized carbons (Fsp3) is 0.400. The van der Waals surface area contributed by atoms with E-state index in [1.807, 2.05) is 6.07 Å². The van der Waals surface area contributed by atoms with Crippen molar-refractivity contribution in [2.24, 2.45) is 0 Å². The van der Waals surface area contributed by atoms with Crippen molar-refractivity contribution in [3.05, 3.63) is 21.3 Å². The molecule has 1 rings (SSSR count). The van der Waals surface area contributed by atoms with Gasteiger partial charge in [-0.2, -0.15) is 0 Å². The molecule has 1 atom stereocenters. The number of halogens is 1. The summed E-state index contributed by atoms with van der Waals surface area (Å²) < 4.78 is 0.689. The second-order valence-corrected chi connectivity index (χ2v) is 5.13. The van der Waals surface area contributed by atoms with Gasteiger partial charge >= 0.3 is 5.97 Å². The Morgan fingerprint density at radius 1 is 1.56 bits per heavy atom. The van der Waals surface area contributed by atoms with Gasteiger partial charge < -0.3 is 10.4 Å². The van der Waals surface area contributed by atoms with Gasteiger partial charge in [-0.1, -0.05) is 11.6 Å². The fourth-order valence-electron chi connectivity index (χ4n) is 1.10. The highest BCUT2D eigenvalue weighted by atomic mass is 35.5. The molecule has 0 aromatic carbocycles. The molecule has 0 spiro atoms. The van der Waals surface area contributed by atoms with Gasteiger partial charge in [0.2, 0.25) is 5.91 Å². The first-order valence-corrected chi connectivity index (χ1v) is 5.95. The minimum Gasteiger partial charge on any atom is -0.480 e. The smallest absolute Gasteiger partial charge is 0.325 e. The van der Waals surface area contributed by atoms with Crippen molar-refractivity contribution in [1.29, 1.82) is 0 Å². The highest BCUT2D eigenvalue weighted by molar-refractivity contribution is 7.16. The lowest BCUT2D eigenvalue weighted by Crippen LogP contribution is -2.38. The van der Waals surface area contributed by atoms with Gasteiger partial charge in [0.05, 0.1) is 4.34 Å². The SMILES string of the molecule is CC(NC(=O)CCc1ccc(Cl)s1)C(=O)O. The summed E-state index contributed by atoms with van der Waals surface area (Å²) in [6, 6.07) is 2.79. The lowest BCUT2D eigenvalue weighted by molar-refractivity contribution is -0.141. The molecule has 6 heteroatoms. The van der Waals surface area contributed by atoms with Crippen LogP contribution in [0.1, 0.15) is 18.2 Å². The van der Waals surface area contributed by atoms with Crippen LogP contribution in [-0.2, 0) is 16.0 Å². The summed E-state index contributed by atoms with van der Waals surface area (Å²) in [6.45, 7) is 1.43. The number of carboxylic acids is 1. The summed E-state index contributed by atoms with van der Waals surface area (Å²) in [5.74, 6) is -1.30. The van der Waals surface area contributed by atoms with Gasteiger partial charge in [-0.15, -0.1) is 11.3 Å². The Balaban J connectivity index is 2.33. The molecule has 0 aliphatic heterocycles. The molecule has 1 aromatic heterocycles. The van der Waals surface area contributed by atoms with Crippen LogP contribution >= 0.6 is 22.9 Å². The first-order valence-electron chi connectivity index (χ1n) is 4.75. The summed E-state index contributed by atoms with van der Waals surface area (Å²) in [6.07, 6.45) is 0.851. The molecule has 0 radical (unpaired) electrons. The van der Waals surface area contributed by atoms with Crippen LogP contribution in [0, 0.1) is 0 Å². The molecule has 0 fully saturated rings. The molecule has 1 amide bonds. The third-order valence-electron chi connectivity index (χ3n) is 1.98. The Hall–Kier alpha value is -1.07. The number of nitrogens with one attached hydrogen (secondary N) is 1. The van der Waals surface area contributed by atoms with E-state index >= 15 is 0 Å². The molecular weight excluding hydrogens is 250 g/mol. The molecule has 0 aliphatic rings. The molecule has 2 N–H and O–H groups in total. The number of carbonyl (C=O) groups is 2. The molecular formula is C10H12ClNO3S. The van der Waals surface area contributed by atoms with Gasteiger partial charge in [-0.25, -0.2) is 0 Å². The van der Waals surface area contributed by atoms with Gasteiger partial charge in [-0.3, -0.25) is 9.59 Å². The zero-order valence-electron chi connectivity index (χ0n) is 8.70. The van der Waals surface area contributed by atoms with Crippen molar-refractivity contribution in [2.75, 3.05) is 0 Å². The monoisotopic (exact) mass is 261 g/mol. The van der Waals surface area contributed by atoms with Crippen LogP contribution in [0.15, 0.2) is 12.1 Å². The maximum absolute atomic E-state index is 11.3. The predicted octanol–water partition coefficient (Wildman–Crippen LogP) is 1.92. The maximum atomic E-state index is 11.3. The molecule has 0 bridgehead atoms. The van der Waals surface area contributed by atoms with Crippen molar-refractivity contribution in [1.82, 2.24) is 5.32 Å². The summed E-state index contributed by atoms with van der Waals surface area (Å²) in [5, 5.41) is 11.0. The number of aryl methyl sites for hydroxylation is 1. The van der Waals surface area contributed by atoms with Crippen LogP contribution in [0.5, 0.6) is 0 Å². The lowest BCUT2D eigenvalue weighted by atomic mass is 10.2. The third-order valence-corrected chi connectivity index (χ3v) is 3.27. The van der Waals surface area contributed by atoms with Crippen molar-refractivity contribution in [3.8, 4) is 0 Å². The van der Waals surface area contributed by atoms with Gasteiger partial charge in [0.15, 0.2) is 0 Å². The second kappa shape index (κ2) is 5.86. The van der Waals surface area contributed by atoms with E-state index in [1.165, 1.54) is 18.3 Å². The minimum atomic E-state index is -1.03. The van der Waals surface area contributed by atoms with E-state index in [-0.39, 0.29) is 12.3 Å². The van der Waals surface area contributed by atoms with E-state index in [0.29, 0.717) is 10.8 Å². The number of carbonyl (C=O) groups excluding carboxylic acids is 1. The van der Waals surface area contributed by atoms with Crippen LogP contribution in [0.3, 0.4) is 0 Å². The Labute approximate surface area is 102 Å². The maximum Gasteiger partial charge on any atom is 0.325 e. The Morgan fingerprint density at radius 3 is 2.75 bits per heavy atom. The topological polar surface area (TPSA) is 66.4 Å². The zero-order chi connectivity index (χ0) is 12.1. The van der Waals surface area contributed by atoms with Gasteiger partial charge in [0.1, 0.15) is 6.04 Å². The molecule has 1 heterocycles. The van der Waals surface area contributed by atoms with E-state index in [4.69, 9.17) is 16.7 Å². The summed E-state index contributed by atoms with van der Waals surface area (Å²) in [7, 11) is 0. The Morgan fingerprint density at radius 2 is 2.25 bits per heavy atom. The Bertz CT molecular complexity index is 391. The van der Waals surface area contributed by atoms with Crippen LogP contribution in [0.2, 0.25) is 4.34 Å². The average Bonchev–Trinajstić information content (AvgIpc) is 2.61. The number of amides is 1. The first-order chi connectivity index (χ1) is 7.49. The van der Waals surface area contributed by atoms with E-state index in [9.17, 15) is 9.59 Å². The van der Waals surface area contributed by atoms with E-state index in [2.05, 4.69) is 5.32 Å². The molecule has 0 saturated carbocycles. The molecule has 16 heavy (non-hydrogen) atoms. The van der Waals surface area contributed by atoms with Crippen LogP contribution in [0.4, 0.5) is 0 Å². The van der Waals surface area contributed by atoms with Crippen LogP contribution < -0.4 is 5.32 Å². The number of hydrogen-bond donors (Lipinski definition) is 2. The summed E-state index contributed by atoms with van der Waals surface area (Å²) in [4.78, 5) is 22.8. The minimum absolute atomic E-state index is 0.264. The summed E-state index contributed by atoms with van der Waals surface area (Å²) >= 11 is 7.17. The number of rotatable bonds is 5. The summed E-state index contributed by atoms with van der Waals surface area (Å²) in [5.41, 5.74) is 0. The predicted molar refractivity (Wildman–Crippen MR) is 62.9 cm³/mol. The standard InChI is InChI=1S/C10H12ClNO3S/c1-6(10(14)15)12-9(13)5-3-7-2-4-8(11)16-7/h2,4,6H,3,5H2,1H3,(H,12,13)(H,14,15). The quantitative estimate of drug-likeness (QED) is 0.851. The number of hydrogen-bond acceptors (Lipinski definition) is 3. The molecule has 1 aromatic rings. The van der Waals surface area contributed by atoms with Crippen molar-refractivity contribution in [2.45, 2.75) is 25.8 Å².